The summed E-state index contributed by atoms with van der Waals surface area (Å²) in [5, 5.41) is 8.24. The minimum atomic E-state index is -4.93. The second kappa shape index (κ2) is 7.15. The van der Waals surface area contributed by atoms with Gasteiger partial charge in [-0.3, -0.25) is 19.1 Å². The van der Waals surface area contributed by atoms with Crippen molar-refractivity contribution in [1.82, 2.24) is 16.0 Å². The SMILES string of the molecule is O=C(COC(F)(F)F)C(C[C@@H]1CCNC1=O)NC(=O)[C@@H]1CC2(CC2)CN1. The highest BCUT2D eigenvalue weighted by molar-refractivity contribution is 5.92. The van der Waals surface area contributed by atoms with Crippen LogP contribution in [-0.2, 0) is 19.1 Å². The third kappa shape index (κ3) is 4.73. The molecule has 2 aliphatic heterocycles. The smallest absolute Gasteiger partial charge is 0.356 e. The Hall–Kier alpha value is -1.68. The maximum absolute atomic E-state index is 12.4. The normalized spacial score (nSPS) is 28.0. The van der Waals surface area contributed by atoms with Gasteiger partial charge in [-0.05, 0) is 37.5 Å². The van der Waals surface area contributed by atoms with Crippen LogP contribution < -0.4 is 16.0 Å². The number of alkyl halides is 3. The number of halogens is 3. The molecule has 3 N–H and O–H groups in total. The highest BCUT2D eigenvalue weighted by Gasteiger charge is 2.50. The van der Waals surface area contributed by atoms with E-state index in [4.69, 9.17) is 0 Å². The minimum Gasteiger partial charge on any atom is -0.356 e. The lowest BCUT2D eigenvalue weighted by molar-refractivity contribution is -0.321. The Balaban J connectivity index is 1.60. The van der Waals surface area contributed by atoms with Gasteiger partial charge in [-0.25, -0.2) is 0 Å². The van der Waals surface area contributed by atoms with Crippen molar-refractivity contribution < 1.29 is 32.3 Å². The molecule has 3 fully saturated rings. The molecule has 3 aliphatic rings. The van der Waals surface area contributed by atoms with Crippen LogP contribution in [0.25, 0.3) is 0 Å². The molecule has 2 saturated heterocycles. The molecule has 0 aromatic rings. The number of ketones is 1. The van der Waals surface area contributed by atoms with Gasteiger partial charge in [-0.1, -0.05) is 0 Å². The topological polar surface area (TPSA) is 96.5 Å². The molecular weight excluding hydrogens is 355 g/mol. The maximum Gasteiger partial charge on any atom is 0.522 e. The predicted octanol–water partition coefficient (Wildman–Crippen LogP) is 0.245. The van der Waals surface area contributed by atoms with E-state index in [9.17, 15) is 27.6 Å². The molecule has 2 amide bonds. The first-order chi connectivity index (χ1) is 12.2. The summed E-state index contributed by atoms with van der Waals surface area (Å²) in [5.74, 6) is -2.08. The summed E-state index contributed by atoms with van der Waals surface area (Å²) < 4.78 is 40.2. The third-order valence-corrected chi connectivity index (χ3v) is 5.40. The third-order valence-electron chi connectivity index (χ3n) is 5.40. The summed E-state index contributed by atoms with van der Waals surface area (Å²) in [4.78, 5) is 36.4. The molecule has 146 valence electrons. The zero-order valence-corrected chi connectivity index (χ0v) is 14.2. The monoisotopic (exact) mass is 377 g/mol. The number of Topliss-reactive ketones (excluding diaryl/α,β-unsaturated/α-hetero) is 1. The molecule has 0 aromatic carbocycles. The summed E-state index contributed by atoms with van der Waals surface area (Å²) >= 11 is 0. The summed E-state index contributed by atoms with van der Waals surface area (Å²) in [6, 6.07) is -1.65. The zero-order chi connectivity index (χ0) is 18.9. The van der Waals surface area contributed by atoms with Gasteiger partial charge in [0.25, 0.3) is 0 Å². The summed E-state index contributed by atoms with van der Waals surface area (Å²) in [6.45, 7) is -0.0131. The molecule has 1 unspecified atom stereocenters. The van der Waals surface area contributed by atoms with E-state index in [1.165, 1.54) is 0 Å². The maximum atomic E-state index is 12.4. The van der Waals surface area contributed by atoms with Gasteiger partial charge in [0.1, 0.15) is 6.61 Å². The number of carbonyl (C=O) groups is 3. The number of rotatable bonds is 7. The Bertz CT molecular complexity index is 592. The van der Waals surface area contributed by atoms with Crippen molar-refractivity contribution in [3.05, 3.63) is 0 Å². The van der Waals surface area contributed by atoms with Crippen LogP contribution in [0.15, 0.2) is 0 Å². The van der Waals surface area contributed by atoms with E-state index in [1.807, 2.05) is 0 Å². The van der Waals surface area contributed by atoms with Crippen LogP contribution in [-0.4, -0.2) is 55.7 Å². The van der Waals surface area contributed by atoms with Crippen LogP contribution in [0.2, 0.25) is 0 Å². The van der Waals surface area contributed by atoms with Crippen molar-refractivity contribution in [2.75, 3.05) is 19.7 Å². The van der Waals surface area contributed by atoms with E-state index in [1.54, 1.807) is 0 Å². The fraction of sp³-hybridized carbons (Fsp3) is 0.812. The van der Waals surface area contributed by atoms with Gasteiger partial charge in [-0.15, -0.1) is 13.2 Å². The van der Waals surface area contributed by atoms with Crippen LogP contribution in [0.1, 0.15) is 32.1 Å². The molecule has 0 radical (unpaired) electrons. The zero-order valence-electron chi connectivity index (χ0n) is 14.2. The van der Waals surface area contributed by atoms with E-state index >= 15 is 0 Å². The molecule has 0 aromatic heterocycles. The number of carbonyl (C=O) groups excluding carboxylic acids is 3. The van der Waals surface area contributed by atoms with Gasteiger partial charge in [-0.2, -0.15) is 0 Å². The van der Waals surface area contributed by atoms with Crippen LogP contribution >= 0.6 is 0 Å². The lowest BCUT2D eigenvalue weighted by atomic mass is 9.95. The Morgan fingerprint density at radius 3 is 2.62 bits per heavy atom. The van der Waals surface area contributed by atoms with Crippen LogP contribution in [0.5, 0.6) is 0 Å². The minimum absolute atomic E-state index is 0.0323. The first-order valence-electron chi connectivity index (χ1n) is 8.72. The average molecular weight is 377 g/mol. The highest BCUT2D eigenvalue weighted by Crippen LogP contribution is 2.51. The molecule has 1 spiro atoms. The van der Waals surface area contributed by atoms with Gasteiger partial charge in [0.05, 0.1) is 12.1 Å². The van der Waals surface area contributed by atoms with E-state index < -0.39 is 42.7 Å². The van der Waals surface area contributed by atoms with E-state index in [0.717, 1.165) is 19.4 Å². The molecule has 26 heavy (non-hydrogen) atoms. The van der Waals surface area contributed by atoms with E-state index in [-0.39, 0.29) is 17.7 Å². The van der Waals surface area contributed by atoms with Crippen molar-refractivity contribution in [1.29, 1.82) is 0 Å². The standard InChI is InChI=1S/C16H22F3N3O4/c17-16(18,19)26-7-12(23)10(5-9-1-4-20-13(9)24)22-14(25)11-6-15(2-3-15)8-21-11/h9-11,21H,1-8H2,(H,20,24)(H,22,25)/t9-,10?,11-/m0/s1. The Kier molecular flexibility index (Phi) is 5.25. The highest BCUT2D eigenvalue weighted by atomic mass is 19.4. The van der Waals surface area contributed by atoms with Crippen molar-refractivity contribution in [2.45, 2.75) is 50.6 Å². The lowest BCUT2D eigenvalue weighted by Gasteiger charge is -2.22. The van der Waals surface area contributed by atoms with Crippen LogP contribution in [0, 0.1) is 11.3 Å². The Morgan fingerprint density at radius 2 is 2.08 bits per heavy atom. The first-order valence-corrected chi connectivity index (χ1v) is 8.72. The average Bonchev–Trinajstić information content (AvgIpc) is 2.98. The molecule has 0 bridgehead atoms. The largest absolute Gasteiger partial charge is 0.522 e. The molecule has 10 heteroatoms. The molecule has 1 saturated carbocycles. The summed E-state index contributed by atoms with van der Waals surface area (Å²) in [5.41, 5.74) is 0.159. The van der Waals surface area contributed by atoms with Gasteiger partial charge in [0.2, 0.25) is 11.8 Å². The molecule has 7 nitrogen and oxygen atoms in total. The van der Waals surface area contributed by atoms with Crippen LogP contribution in [0.3, 0.4) is 0 Å². The predicted molar refractivity (Wildman–Crippen MR) is 82.8 cm³/mol. The Morgan fingerprint density at radius 1 is 1.35 bits per heavy atom. The van der Waals surface area contributed by atoms with Crippen molar-refractivity contribution in [3.8, 4) is 0 Å². The number of ether oxygens (including phenoxy) is 1. The number of nitrogens with one attached hydrogen (secondary N) is 3. The first kappa shape index (κ1) is 19.1. The lowest BCUT2D eigenvalue weighted by Crippen LogP contribution is -2.50. The summed E-state index contributed by atoms with van der Waals surface area (Å²) in [7, 11) is 0. The number of hydrogen-bond donors (Lipinski definition) is 3. The fourth-order valence-electron chi connectivity index (χ4n) is 3.61. The van der Waals surface area contributed by atoms with Crippen LogP contribution in [0.4, 0.5) is 13.2 Å². The molecule has 3 rings (SSSR count). The second-order valence-electron chi connectivity index (χ2n) is 7.41. The van der Waals surface area contributed by atoms with E-state index in [2.05, 4.69) is 20.7 Å². The number of hydrogen-bond acceptors (Lipinski definition) is 5. The summed E-state index contributed by atoms with van der Waals surface area (Å²) in [6.07, 6.45) is -1.73. The van der Waals surface area contributed by atoms with Crippen molar-refractivity contribution in [2.24, 2.45) is 11.3 Å². The van der Waals surface area contributed by atoms with Gasteiger partial charge in [0, 0.05) is 19.0 Å². The van der Waals surface area contributed by atoms with Gasteiger partial charge in [0.15, 0.2) is 5.78 Å². The molecule has 2 heterocycles. The van der Waals surface area contributed by atoms with E-state index in [0.29, 0.717) is 19.4 Å². The van der Waals surface area contributed by atoms with Crippen molar-refractivity contribution >= 4 is 17.6 Å². The number of amides is 2. The quantitative estimate of drug-likeness (QED) is 0.591. The molecule has 3 atom stereocenters. The molecular formula is C16H22F3N3O4. The Labute approximate surface area is 148 Å². The fourth-order valence-corrected chi connectivity index (χ4v) is 3.61. The second-order valence-corrected chi connectivity index (χ2v) is 7.41. The van der Waals surface area contributed by atoms with Crippen molar-refractivity contribution in [3.63, 3.8) is 0 Å². The van der Waals surface area contributed by atoms with Gasteiger partial charge < -0.3 is 16.0 Å². The van der Waals surface area contributed by atoms with Gasteiger partial charge >= 0.3 is 6.36 Å². The molecule has 1 aliphatic carbocycles.